The van der Waals surface area contributed by atoms with E-state index in [2.05, 4.69) is 29.2 Å². The van der Waals surface area contributed by atoms with E-state index in [1.165, 1.54) is 21.9 Å². The molecule has 1 nitrogen and oxygen atoms in total. The van der Waals surface area contributed by atoms with E-state index in [-0.39, 0.29) is 0 Å². The van der Waals surface area contributed by atoms with Crippen molar-refractivity contribution >= 4 is 33.3 Å². The minimum absolute atomic E-state index is 0.862. The van der Waals surface area contributed by atoms with Gasteiger partial charge in [0.05, 0.1) is 15.2 Å². The SMILES string of the molecule is c1ccc2sc(C[C@@H]3CS3)nc2c1. The highest BCUT2D eigenvalue weighted by molar-refractivity contribution is 8.06. The van der Waals surface area contributed by atoms with Crippen LogP contribution in [0.2, 0.25) is 0 Å². The van der Waals surface area contributed by atoms with Crippen LogP contribution in [-0.4, -0.2) is 16.0 Å². The standard InChI is InChI=1S/C10H9NS2/c1-2-4-9-8(3-1)11-10(13-9)5-7-6-12-7/h1-4,7H,5-6H2/t7-/m1/s1. The number of para-hydroxylation sites is 1. The summed E-state index contributed by atoms with van der Waals surface area (Å²) < 4.78 is 1.32. The fraction of sp³-hybridized carbons (Fsp3) is 0.300. The van der Waals surface area contributed by atoms with E-state index in [1.807, 2.05) is 23.1 Å². The van der Waals surface area contributed by atoms with Crippen molar-refractivity contribution in [2.75, 3.05) is 5.75 Å². The molecule has 1 aromatic heterocycles. The number of nitrogens with zero attached hydrogens (tertiary/aromatic N) is 1. The van der Waals surface area contributed by atoms with Gasteiger partial charge in [-0.3, -0.25) is 0 Å². The molecule has 0 amide bonds. The maximum Gasteiger partial charge on any atom is 0.0949 e. The van der Waals surface area contributed by atoms with Gasteiger partial charge in [0.15, 0.2) is 0 Å². The summed E-state index contributed by atoms with van der Waals surface area (Å²) in [6.07, 6.45) is 1.17. The number of thioether (sulfide) groups is 1. The summed E-state index contributed by atoms with van der Waals surface area (Å²) in [4.78, 5) is 4.60. The van der Waals surface area contributed by atoms with Gasteiger partial charge < -0.3 is 0 Å². The van der Waals surface area contributed by atoms with Crippen LogP contribution < -0.4 is 0 Å². The third kappa shape index (κ3) is 1.58. The minimum atomic E-state index is 0.862. The molecule has 66 valence electrons. The van der Waals surface area contributed by atoms with E-state index in [1.54, 1.807) is 0 Å². The first-order chi connectivity index (χ1) is 6.42. The van der Waals surface area contributed by atoms with Crippen LogP contribution >= 0.6 is 23.1 Å². The molecule has 0 spiro atoms. The normalized spacial score (nSPS) is 20.8. The van der Waals surface area contributed by atoms with Gasteiger partial charge in [0.2, 0.25) is 0 Å². The third-order valence-electron chi connectivity index (χ3n) is 2.14. The largest absolute Gasteiger partial charge is 0.241 e. The molecule has 0 radical (unpaired) electrons. The van der Waals surface area contributed by atoms with Crippen molar-refractivity contribution in [1.82, 2.24) is 4.98 Å². The lowest BCUT2D eigenvalue weighted by Crippen LogP contribution is -1.89. The Morgan fingerprint density at radius 2 is 2.23 bits per heavy atom. The molecule has 2 aromatic rings. The van der Waals surface area contributed by atoms with Crippen LogP contribution in [0.5, 0.6) is 0 Å². The van der Waals surface area contributed by atoms with Gasteiger partial charge in [-0.2, -0.15) is 11.8 Å². The molecule has 0 saturated carbocycles. The fourth-order valence-electron chi connectivity index (χ4n) is 1.39. The topological polar surface area (TPSA) is 12.9 Å². The van der Waals surface area contributed by atoms with Gasteiger partial charge in [0.1, 0.15) is 0 Å². The molecule has 1 aliphatic heterocycles. The predicted molar refractivity (Wildman–Crippen MR) is 59.6 cm³/mol. The molecular formula is C10H9NS2. The van der Waals surface area contributed by atoms with Crippen molar-refractivity contribution < 1.29 is 0 Å². The number of aromatic nitrogens is 1. The zero-order valence-electron chi connectivity index (χ0n) is 7.06. The van der Waals surface area contributed by atoms with Crippen LogP contribution in [0.3, 0.4) is 0 Å². The van der Waals surface area contributed by atoms with E-state index in [0.717, 1.165) is 10.8 Å². The van der Waals surface area contributed by atoms with E-state index < -0.39 is 0 Å². The third-order valence-corrected chi connectivity index (χ3v) is 4.17. The Hall–Kier alpha value is -0.540. The molecule has 0 bridgehead atoms. The number of hydrogen-bond donors (Lipinski definition) is 0. The van der Waals surface area contributed by atoms with Crippen LogP contribution in [-0.2, 0) is 6.42 Å². The Labute approximate surface area is 85.2 Å². The molecule has 3 heteroatoms. The molecule has 1 saturated heterocycles. The molecule has 0 unspecified atom stereocenters. The van der Waals surface area contributed by atoms with Crippen molar-refractivity contribution in [2.45, 2.75) is 11.7 Å². The highest BCUT2D eigenvalue weighted by atomic mass is 32.2. The second-order valence-corrected chi connectivity index (χ2v) is 5.68. The molecule has 0 aliphatic carbocycles. The second-order valence-electron chi connectivity index (χ2n) is 3.23. The molecule has 1 fully saturated rings. The maximum atomic E-state index is 4.60. The summed E-state index contributed by atoms with van der Waals surface area (Å²) in [5.74, 6) is 1.33. The molecule has 1 aliphatic rings. The van der Waals surface area contributed by atoms with E-state index >= 15 is 0 Å². The lowest BCUT2D eigenvalue weighted by Gasteiger charge is -1.86. The van der Waals surface area contributed by atoms with Crippen molar-refractivity contribution in [3.63, 3.8) is 0 Å². The number of hydrogen-bond acceptors (Lipinski definition) is 3. The van der Waals surface area contributed by atoms with Crippen LogP contribution in [0.15, 0.2) is 24.3 Å². The Morgan fingerprint density at radius 3 is 3.00 bits per heavy atom. The van der Waals surface area contributed by atoms with Crippen molar-refractivity contribution in [1.29, 1.82) is 0 Å². The highest BCUT2D eigenvalue weighted by Crippen LogP contribution is 2.35. The van der Waals surface area contributed by atoms with Crippen LogP contribution in [0, 0.1) is 0 Å². The van der Waals surface area contributed by atoms with Gasteiger partial charge in [0.25, 0.3) is 0 Å². The first-order valence-corrected chi connectivity index (χ1v) is 6.24. The average molecular weight is 207 g/mol. The molecule has 0 N–H and O–H groups in total. The average Bonchev–Trinajstić information content (AvgIpc) is 2.85. The van der Waals surface area contributed by atoms with Gasteiger partial charge in [-0.15, -0.1) is 11.3 Å². The van der Waals surface area contributed by atoms with Gasteiger partial charge in [-0.25, -0.2) is 4.98 Å². The summed E-state index contributed by atoms with van der Waals surface area (Å²) >= 11 is 3.88. The zero-order chi connectivity index (χ0) is 8.67. The molecule has 3 rings (SSSR count). The van der Waals surface area contributed by atoms with Crippen LogP contribution in [0.4, 0.5) is 0 Å². The predicted octanol–water partition coefficient (Wildman–Crippen LogP) is 2.95. The quantitative estimate of drug-likeness (QED) is 0.702. The molecule has 2 heterocycles. The smallest absolute Gasteiger partial charge is 0.0949 e. The molecular weight excluding hydrogens is 198 g/mol. The Bertz CT molecular complexity index is 398. The summed E-state index contributed by atoms with van der Waals surface area (Å²) in [5.41, 5.74) is 1.16. The Kier molecular flexibility index (Phi) is 1.80. The summed E-state index contributed by atoms with van der Waals surface area (Å²) in [6.45, 7) is 0. The minimum Gasteiger partial charge on any atom is -0.241 e. The Morgan fingerprint density at radius 1 is 1.38 bits per heavy atom. The Balaban J connectivity index is 2.00. The number of rotatable bonds is 2. The summed E-state index contributed by atoms with van der Waals surface area (Å²) in [5, 5.41) is 2.16. The zero-order valence-corrected chi connectivity index (χ0v) is 8.70. The van der Waals surface area contributed by atoms with Crippen molar-refractivity contribution in [2.24, 2.45) is 0 Å². The summed E-state index contributed by atoms with van der Waals surface area (Å²) in [6, 6.07) is 8.37. The second kappa shape index (κ2) is 3.00. The first-order valence-electron chi connectivity index (χ1n) is 4.38. The fourth-order valence-corrected chi connectivity index (χ4v) is 3.07. The van der Waals surface area contributed by atoms with E-state index in [9.17, 15) is 0 Å². The lowest BCUT2D eigenvalue weighted by molar-refractivity contribution is 1.01. The van der Waals surface area contributed by atoms with Crippen LogP contribution in [0.1, 0.15) is 5.01 Å². The van der Waals surface area contributed by atoms with Gasteiger partial charge >= 0.3 is 0 Å². The van der Waals surface area contributed by atoms with Gasteiger partial charge in [-0.05, 0) is 12.1 Å². The van der Waals surface area contributed by atoms with Gasteiger partial charge in [0, 0.05) is 17.4 Å². The van der Waals surface area contributed by atoms with Crippen molar-refractivity contribution in [3.8, 4) is 0 Å². The monoisotopic (exact) mass is 207 g/mol. The van der Waals surface area contributed by atoms with Gasteiger partial charge in [-0.1, -0.05) is 12.1 Å². The van der Waals surface area contributed by atoms with E-state index in [0.29, 0.717) is 0 Å². The maximum absolute atomic E-state index is 4.60. The molecule has 1 aromatic carbocycles. The van der Waals surface area contributed by atoms with Crippen LogP contribution in [0.25, 0.3) is 10.2 Å². The van der Waals surface area contributed by atoms with E-state index in [4.69, 9.17) is 0 Å². The number of fused-ring (bicyclic) bond motifs is 1. The highest BCUT2D eigenvalue weighted by Gasteiger charge is 2.23. The lowest BCUT2D eigenvalue weighted by atomic mass is 10.3. The first kappa shape index (κ1) is 7.83. The number of thiazole rings is 1. The molecule has 13 heavy (non-hydrogen) atoms. The number of benzene rings is 1. The summed E-state index contributed by atoms with van der Waals surface area (Å²) in [7, 11) is 0. The molecule has 1 atom stereocenters. The van der Waals surface area contributed by atoms with Crippen molar-refractivity contribution in [3.05, 3.63) is 29.3 Å².